The van der Waals surface area contributed by atoms with E-state index in [0.29, 0.717) is 43.6 Å². The van der Waals surface area contributed by atoms with E-state index in [1.54, 1.807) is 25.3 Å². The molecule has 1 aliphatic rings. The second kappa shape index (κ2) is 10.7. The number of hydrogen-bond acceptors (Lipinski definition) is 10. The summed E-state index contributed by atoms with van der Waals surface area (Å²) in [7, 11) is 1.51. The SMILES string of the molecule is COc1cnc2c(-c3nc4c(C(F)F)cc5c(c4s3)OCC(COC(=O)Nc3ccnc(C)c3)O5)cc(C)cc2n1. The number of aryl methyl sites for hydroxylation is 2. The fourth-order valence-electron chi connectivity index (χ4n) is 4.49. The third kappa shape index (κ3) is 5.27. The Balaban J connectivity index is 1.29. The van der Waals surface area contributed by atoms with Crippen molar-refractivity contribution < 1.29 is 32.5 Å². The Morgan fingerprint density at radius 2 is 2.02 bits per heavy atom. The third-order valence-corrected chi connectivity index (χ3v) is 7.40. The number of nitrogens with one attached hydrogen (secondary N) is 1. The van der Waals surface area contributed by atoms with Crippen molar-refractivity contribution in [1.82, 2.24) is 19.9 Å². The fraction of sp³-hybridized carbons (Fsp3) is 0.250. The molecule has 0 fully saturated rings. The number of halogens is 2. The molecule has 10 nitrogen and oxygen atoms in total. The van der Waals surface area contributed by atoms with Crippen LogP contribution < -0.4 is 19.5 Å². The minimum Gasteiger partial charge on any atom is -0.484 e. The Morgan fingerprint density at radius 3 is 2.80 bits per heavy atom. The number of nitrogens with zero attached hydrogens (tertiary/aromatic N) is 4. The van der Waals surface area contributed by atoms with Crippen LogP contribution in [-0.4, -0.2) is 52.5 Å². The third-order valence-electron chi connectivity index (χ3n) is 6.31. The molecule has 5 aromatic rings. The number of methoxy groups -OCH3 is 1. The molecule has 0 saturated carbocycles. The molecule has 1 amide bonds. The maximum absolute atomic E-state index is 14.2. The topological polar surface area (TPSA) is 118 Å². The van der Waals surface area contributed by atoms with Gasteiger partial charge in [0.1, 0.15) is 22.9 Å². The van der Waals surface area contributed by atoms with Crippen LogP contribution in [0.4, 0.5) is 19.3 Å². The Hall–Kier alpha value is -4.65. The van der Waals surface area contributed by atoms with E-state index in [0.717, 1.165) is 11.3 Å². The highest BCUT2D eigenvalue weighted by Gasteiger charge is 2.30. The summed E-state index contributed by atoms with van der Waals surface area (Å²) in [4.78, 5) is 29.9. The number of hydrogen-bond donors (Lipinski definition) is 1. The van der Waals surface area contributed by atoms with Crippen molar-refractivity contribution in [2.45, 2.75) is 26.4 Å². The number of fused-ring (bicyclic) bond motifs is 4. The van der Waals surface area contributed by atoms with Gasteiger partial charge in [-0.25, -0.2) is 28.5 Å². The zero-order valence-electron chi connectivity index (χ0n) is 22.1. The Morgan fingerprint density at radius 1 is 1.17 bits per heavy atom. The number of ether oxygens (including phenoxy) is 4. The smallest absolute Gasteiger partial charge is 0.411 e. The van der Waals surface area contributed by atoms with Gasteiger partial charge in [0.15, 0.2) is 17.6 Å². The van der Waals surface area contributed by atoms with Gasteiger partial charge in [-0.1, -0.05) is 0 Å². The molecule has 6 rings (SSSR count). The molecule has 0 aliphatic carbocycles. The van der Waals surface area contributed by atoms with Gasteiger partial charge in [-0.2, -0.15) is 0 Å². The van der Waals surface area contributed by atoms with Crippen molar-refractivity contribution in [3.05, 3.63) is 59.5 Å². The van der Waals surface area contributed by atoms with Crippen molar-refractivity contribution in [2.24, 2.45) is 0 Å². The Bertz CT molecular complexity index is 1800. The zero-order chi connectivity index (χ0) is 28.7. The van der Waals surface area contributed by atoms with Crippen molar-refractivity contribution in [3.8, 4) is 28.0 Å². The minimum absolute atomic E-state index is 0.0453. The quantitative estimate of drug-likeness (QED) is 0.249. The number of anilines is 1. The summed E-state index contributed by atoms with van der Waals surface area (Å²) in [5.74, 6) is 0.805. The van der Waals surface area contributed by atoms with E-state index in [-0.39, 0.29) is 30.0 Å². The number of amides is 1. The molecule has 0 bridgehead atoms. The van der Waals surface area contributed by atoms with E-state index >= 15 is 0 Å². The molecular formula is C28H23F2N5O5S. The van der Waals surface area contributed by atoms with Crippen LogP contribution in [-0.2, 0) is 4.74 Å². The monoisotopic (exact) mass is 579 g/mol. The zero-order valence-corrected chi connectivity index (χ0v) is 22.9. The van der Waals surface area contributed by atoms with Crippen LogP contribution >= 0.6 is 11.3 Å². The summed E-state index contributed by atoms with van der Waals surface area (Å²) in [6.45, 7) is 3.60. The van der Waals surface area contributed by atoms with Gasteiger partial charge in [-0.05, 0) is 49.7 Å². The van der Waals surface area contributed by atoms with Crippen LogP contribution in [0.25, 0.3) is 31.8 Å². The summed E-state index contributed by atoms with van der Waals surface area (Å²) in [5, 5.41) is 3.10. The van der Waals surface area contributed by atoms with Gasteiger partial charge in [0.05, 0.1) is 29.9 Å². The molecule has 3 aromatic heterocycles. The predicted octanol–water partition coefficient (Wildman–Crippen LogP) is 6.25. The Kier molecular flexibility index (Phi) is 6.95. The number of pyridine rings is 1. The number of carbonyl (C=O) groups excluding carboxylic acids is 1. The predicted molar refractivity (Wildman–Crippen MR) is 148 cm³/mol. The molecule has 1 aliphatic heterocycles. The molecule has 1 N–H and O–H groups in total. The summed E-state index contributed by atoms with van der Waals surface area (Å²) < 4.78 is 51.3. The van der Waals surface area contributed by atoms with Crippen molar-refractivity contribution in [1.29, 1.82) is 0 Å². The molecule has 2 aromatic carbocycles. The average Bonchev–Trinajstić information content (AvgIpc) is 3.40. The largest absolute Gasteiger partial charge is 0.484 e. The summed E-state index contributed by atoms with van der Waals surface area (Å²) >= 11 is 1.20. The van der Waals surface area contributed by atoms with Gasteiger partial charge in [-0.3, -0.25) is 10.3 Å². The van der Waals surface area contributed by atoms with Gasteiger partial charge in [0, 0.05) is 28.7 Å². The van der Waals surface area contributed by atoms with Crippen molar-refractivity contribution in [2.75, 3.05) is 25.6 Å². The highest BCUT2D eigenvalue weighted by Crippen LogP contribution is 2.48. The van der Waals surface area contributed by atoms with Crippen molar-refractivity contribution in [3.63, 3.8) is 0 Å². The van der Waals surface area contributed by atoms with Gasteiger partial charge in [0.25, 0.3) is 6.43 Å². The number of aromatic nitrogens is 4. The molecule has 4 heterocycles. The first-order chi connectivity index (χ1) is 19.8. The lowest BCUT2D eigenvalue weighted by Crippen LogP contribution is -2.35. The van der Waals surface area contributed by atoms with E-state index in [2.05, 4.69) is 25.3 Å². The minimum atomic E-state index is -2.81. The maximum atomic E-state index is 14.2. The van der Waals surface area contributed by atoms with Crippen LogP contribution in [0.3, 0.4) is 0 Å². The molecule has 1 unspecified atom stereocenters. The molecular weight excluding hydrogens is 556 g/mol. The van der Waals surface area contributed by atoms with Crippen LogP contribution in [0.2, 0.25) is 0 Å². The number of benzene rings is 2. The molecule has 1 atom stereocenters. The Labute approximate surface area is 236 Å². The highest BCUT2D eigenvalue weighted by molar-refractivity contribution is 7.22. The second-order valence-corrected chi connectivity index (χ2v) is 10.3. The van der Waals surface area contributed by atoms with Crippen LogP contribution in [0.1, 0.15) is 23.2 Å². The van der Waals surface area contributed by atoms with Gasteiger partial charge in [0.2, 0.25) is 5.88 Å². The van der Waals surface area contributed by atoms with E-state index in [9.17, 15) is 13.6 Å². The molecule has 41 heavy (non-hydrogen) atoms. The first-order valence-corrected chi connectivity index (χ1v) is 13.3. The van der Waals surface area contributed by atoms with Crippen molar-refractivity contribution >= 4 is 44.4 Å². The lowest BCUT2D eigenvalue weighted by molar-refractivity contribution is 0.0380. The lowest BCUT2D eigenvalue weighted by atomic mass is 10.1. The van der Waals surface area contributed by atoms with E-state index in [4.69, 9.17) is 18.9 Å². The summed E-state index contributed by atoms with van der Waals surface area (Å²) in [6.07, 6.45) is -1.14. The number of carbonyl (C=O) groups is 1. The van der Waals surface area contributed by atoms with E-state index < -0.39 is 18.6 Å². The van der Waals surface area contributed by atoms with E-state index in [1.807, 2.05) is 19.1 Å². The van der Waals surface area contributed by atoms with Crippen LogP contribution in [0, 0.1) is 13.8 Å². The standard InChI is InChI=1S/C28H23F2N5O5S/c1-13-6-18(22-19(7-13)34-21(37-3)10-32-22)27-35-23-17(26(29)30)9-20-24(25(23)41-27)38-11-16(40-20)12-39-28(36)33-15-4-5-31-14(2)8-15/h4-10,16,26H,11-12H2,1-3H3,(H,31,33,36). The lowest BCUT2D eigenvalue weighted by Gasteiger charge is -2.27. The molecule has 0 radical (unpaired) electrons. The van der Waals surface area contributed by atoms with Gasteiger partial charge >= 0.3 is 6.09 Å². The normalized spacial score (nSPS) is 14.4. The number of rotatable bonds is 6. The maximum Gasteiger partial charge on any atom is 0.411 e. The molecule has 0 spiro atoms. The average molecular weight is 580 g/mol. The second-order valence-electron chi connectivity index (χ2n) is 9.34. The summed E-state index contributed by atoms with van der Waals surface area (Å²) in [5.41, 5.74) is 3.82. The first-order valence-electron chi connectivity index (χ1n) is 12.5. The highest BCUT2D eigenvalue weighted by atomic mass is 32.1. The fourth-order valence-corrected chi connectivity index (χ4v) is 5.60. The van der Waals surface area contributed by atoms with Gasteiger partial charge < -0.3 is 18.9 Å². The molecule has 210 valence electrons. The number of alkyl halides is 2. The van der Waals surface area contributed by atoms with Crippen LogP contribution in [0.5, 0.6) is 17.4 Å². The van der Waals surface area contributed by atoms with E-state index in [1.165, 1.54) is 30.7 Å². The molecule has 13 heteroatoms. The first kappa shape index (κ1) is 26.6. The van der Waals surface area contributed by atoms with Gasteiger partial charge in [-0.15, -0.1) is 11.3 Å². The molecule has 0 saturated heterocycles. The van der Waals surface area contributed by atoms with Crippen LogP contribution in [0.15, 0.2) is 42.7 Å². The number of thiazole rings is 1. The summed E-state index contributed by atoms with van der Waals surface area (Å²) in [6, 6.07) is 8.32.